The number of halogens is 2. The van der Waals surface area contributed by atoms with Crippen molar-refractivity contribution >= 4 is 15.9 Å². The van der Waals surface area contributed by atoms with Crippen LogP contribution in [0.25, 0.3) is 0 Å². The first-order valence-electron chi connectivity index (χ1n) is 4.45. The fraction of sp³-hybridized carbons (Fsp3) is 0.400. The average Bonchev–Trinajstić information content (AvgIpc) is 2.21. The quantitative estimate of drug-likeness (QED) is 0.883. The first kappa shape index (κ1) is 12.4. The van der Waals surface area contributed by atoms with Gasteiger partial charge in [-0.2, -0.15) is 0 Å². The highest BCUT2D eigenvalue weighted by atomic mass is 79.9. The summed E-state index contributed by atoms with van der Waals surface area (Å²) in [6.07, 6.45) is -0.888. The summed E-state index contributed by atoms with van der Waals surface area (Å²) < 4.78 is 19.2. The van der Waals surface area contributed by atoms with Crippen LogP contribution in [0, 0.1) is 5.82 Å². The molecule has 3 nitrogen and oxygen atoms in total. The highest BCUT2D eigenvalue weighted by Gasteiger charge is 2.16. The molecule has 1 aromatic carbocycles. The second-order valence-electron chi connectivity index (χ2n) is 3.08. The van der Waals surface area contributed by atoms with Gasteiger partial charge < -0.3 is 15.2 Å². The Hall–Kier alpha value is -0.650. The third kappa shape index (κ3) is 2.90. The van der Waals surface area contributed by atoms with E-state index in [1.54, 1.807) is 13.1 Å². The van der Waals surface area contributed by atoms with Gasteiger partial charge in [-0.15, -0.1) is 0 Å². The third-order valence-electron chi connectivity index (χ3n) is 2.01. The molecule has 84 valence electrons. The molecular weight excluding hydrogens is 265 g/mol. The average molecular weight is 278 g/mol. The van der Waals surface area contributed by atoms with E-state index >= 15 is 0 Å². The van der Waals surface area contributed by atoms with E-state index in [1.807, 2.05) is 0 Å². The number of rotatable bonds is 4. The lowest BCUT2D eigenvalue weighted by atomic mass is 10.1. The molecule has 1 rings (SSSR count). The summed E-state index contributed by atoms with van der Waals surface area (Å²) in [4.78, 5) is 0. The Morgan fingerprint density at radius 1 is 1.60 bits per heavy atom. The molecular formula is C10H13BrFNO2. The maximum atomic E-state index is 13.7. The fourth-order valence-electron chi connectivity index (χ4n) is 1.28. The van der Waals surface area contributed by atoms with Gasteiger partial charge in [-0.1, -0.05) is 15.9 Å². The van der Waals surface area contributed by atoms with Gasteiger partial charge in [-0.25, -0.2) is 4.39 Å². The van der Waals surface area contributed by atoms with Gasteiger partial charge in [-0.05, 0) is 19.2 Å². The lowest BCUT2D eigenvalue weighted by Gasteiger charge is -2.13. The summed E-state index contributed by atoms with van der Waals surface area (Å²) in [5.41, 5.74) is 0.218. The van der Waals surface area contributed by atoms with Crippen LogP contribution in [0.1, 0.15) is 11.7 Å². The van der Waals surface area contributed by atoms with E-state index in [2.05, 4.69) is 21.2 Å². The van der Waals surface area contributed by atoms with Crippen LogP contribution in [0.3, 0.4) is 0 Å². The van der Waals surface area contributed by atoms with Crippen molar-refractivity contribution in [3.8, 4) is 5.75 Å². The SMILES string of the molecule is CNCC(O)c1cc(Br)cc(OC)c1F. The molecule has 2 N–H and O–H groups in total. The number of hydrogen-bond acceptors (Lipinski definition) is 3. The topological polar surface area (TPSA) is 41.5 Å². The molecule has 0 spiro atoms. The Labute approximate surface area is 96.4 Å². The summed E-state index contributed by atoms with van der Waals surface area (Å²) in [6, 6.07) is 3.06. The summed E-state index contributed by atoms with van der Waals surface area (Å²) >= 11 is 3.23. The molecule has 1 atom stereocenters. The molecule has 0 heterocycles. The Morgan fingerprint density at radius 3 is 2.80 bits per heavy atom. The van der Waals surface area contributed by atoms with E-state index in [0.29, 0.717) is 4.47 Å². The first-order chi connectivity index (χ1) is 7.10. The summed E-state index contributed by atoms with van der Waals surface area (Å²) in [5.74, 6) is -0.405. The van der Waals surface area contributed by atoms with E-state index in [0.717, 1.165) is 0 Å². The standard InChI is InChI=1S/C10H13BrFNO2/c1-13-5-8(14)7-3-6(11)4-9(15-2)10(7)12/h3-4,8,13-14H,5H2,1-2H3. The molecule has 0 fully saturated rings. The molecule has 0 amide bonds. The van der Waals surface area contributed by atoms with Crippen molar-refractivity contribution in [2.45, 2.75) is 6.10 Å². The number of aliphatic hydroxyl groups is 1. The van der Waals surface area contributed by atoms with Crippen LogP contribution in [-0.4, -0.2) is 25.8 Å². The number of methoxy groups -OCH3 is 1. The van der Waals surface area contributed by atoms with E-state index in [9.17, 15) is 9.50 Å². The predicted molar refractivity (Wildman–Crippen MR) is 59.5 cm³/mol. The minimum atomic E-state index is -0.888. The van der Waals surface area contributed by atoms with E-state index in [4.69, 9.17) is 4.74 Å². The van der Waals surface area contributed by atoms with Crippen molar-refractivity contribution in [3.05, 3.63) is 28.0 Å². The third-order valence-corrected chi connectivity index (χ3v) is 2.47. The van der Waals surface area contributed by atoms with Gasteiger partial charge in [0.15, 0.2) is 11.6 Å². The van der Waals surface area contributed by atoms with Crippen LogP contribution in [0.5, 0.6) is 5.75 Å². The molecule has 0 saturated heterocycles. The van der Waals surface area contributed by atoms with Crippen molar-refractivity contribution in [1.82, 2.24) is 5.32 Å². The van der Waals surface area contributed by atoms with Crippen LogP contribution in [0.4, 0.5) is 4.39 Å². The Morgan fingerprint density at radius 2 is 2.27 bits per heavy atom. The Balaban J connectivity index is 3.11. The fourth-order valence-corrected chi connectivity index (χ4v) is 1.73. The zero-order valence-corrected chi connectivity index (χ0v) is 10.1. The highest BCUT2D eigenvalue weighted by molar-refractivity contribution is 9.10. The van der Waals surface area contributed by atoms with E-state index < -0.39 is 11.9 Å². The largest absolute Gasteiger partial charge is 0.494 e. The molecule has 0 radical (unpaired) electrons. The molecule has 0 aliphatic heterocycles. The molecule has 0 saturated carbocycles. The van der Waals surface area contributed by atoms with Gasteiger partial charge in [-0.3, -0.25) is 0 Å². The molecule has 0 aliphatic carbocycles. The Kier molecular flexibility index (Phi) is 4.50. The molecule has 0 aliphatic rings. The van der Waals surface area contributed by atoms with Crippen LogP contribution in [-0.2, 0) is 0 Å². The van der Waals surface area contributed by atoms with Crippen LogP contribution in [0.15, 0.2) is 16.6 Å². The van der Waals surface area contributed by atoms with Crippen LogP contribution >= 0.6 is 15.9 Å². The van der Waals surface area contributed by atoms with E-state index in [1.165, 1.54) is 13.2 Å². The maximum Gasteiger partial charge on any atom is 0.170 e. The number of nitrogens with one attached hydrogen (secondary N) is 1. The monoisotopic (exact) mass is 277 g/mol. The summed E-state index contributed by atoms with van der Waals surface area (Å²) in [6.45, 7) is 0.288. The second kappa shape index (κ2) is 5.44. The van der Waals surface area contributed by atoms with Crippen LogP contribution in [0.2, 0.25) is 0 Å². The van der Waals surface area contributed by atoms with Crippen molar-refractivity contribution < 1.29 is 14.2 Å². The van der Waals surface area contributed by atoms with Crippen LogP contribution < -0.4 is 10.1 Å². The van der Waals surface area contributed by atoms with E-state index in [-0.39, 0.29) is 17.9 Å². The van der Waals surface area contributed by atoms with Gasteiger partial charge in [0.2, 0.25) is 0 Å². The molecule has 0 bridgehead atoms. The Bertz CT molecular complexity index is 346. The zero-order chi connectivity index (χ0) is 11.4. The van der Waals surface area contributed by atoms with Crippen molar-refractivity contribution in [1.29, 1.82) is 0 Å². The first-order valence-corrected chi connectivity index (χ1v) is 5.25. The number of likely N-dealkylation sites (N-methyl/N-ethyl adjacent to an activating group) is 1. The molecule has 15 heavy (non-hydrogen) atoms. The van der Waals surface area contributed by atoms with Gasteiger partial charge in [0.25, 0.3) is 0 Å². The number of benzene rings is 1. The summed E-state index contributed by atoms with van der Waals surface area (Å²) in [7, 11) is 3.08. The lowest BCUT2D eigenvalue weighted by molar-refractivity contribution is 0.172. The number of hydrogen-bond donors (Lipinski definition) is 2. The molecule has 0 aromatic heterocycles. The van der Waals surface area contributed by atoms with Gasteiger partial charge in [0, 0.05) is 16.6 Å². The molecule has 5 heteroatoms. The molecule has 1 unspecified atom stereocenters. The zero-order valence-electron chi connectivity index (χ0n) is 8.55. The second-order valence-corrected chi connectivity index (χ2v) is 4.00. The highest BCUT2D eigenvalue weighted by Crippen LogP contribution is 2.29. The van der Waals surface area contributed by atoms with Crippen molar-refractivity contribution in [2.75, 3.05) is 20.7 Å². The van der Waals surface area contributed by atoms with Gasteiger partial charge in [0.05, 0.1) is 13.2 Å². The van der Waals surface area contributed by atoms with Gasteiger partial charge >= 0.3 is 0 Å². The minimum absolute atomic E-state index is 0.120. The predicted octanol–water partition coefficient (Wildman–Crippen LogP) is 1.85. The normalized spacial score (nSPS) is 12.6. The number of aliphatic hydroxyl groups excluding tert-OH is 1. The van der Waals surface area contributed by atoms with Crippen molar-refractivity contribution in [3.63, 3.8) is 0 Å². The summed E-state index contributed by atoms with van der Waals surface area (Å²) in [5, 5.41) is 12.4. The van der Waals surface area contributed by atoms with Gasteiger partial charge in [0.1, 0.15) is 0 Å². The van der Waals surface area contributed by atoms with Crippen molar-refractivity contribution in [2.24, 2.45) is 0 Å². The minimum Gasteiger partial charge on any atom is -0.494 e. The smallest absolute Gasteiger partial charge is 0.170 e. The number of ether oxygens (including phenoxy) is 1. The lowest BCUT2D eigenvalue weighted by Crippen LogP contribution is -2.18. The molecule has 1 aromatic rings. The maximum absolute atomic E-state index is 13.7.